The third-order valence-electron chi connectivity index (χ3n) is 4.45. The average Bonchev–Trinajstić information content (AvgIpc) is 3.01. The molecule has 0 aromatic heterocycles. The predicted molar refractivity (Wildman–Crippen MR) is 80.7 cm³/mol. The van der Waals surface area contributed by atoms with Gasteiger partial charge in [0, 0.05) is 12.5 Å². The van der Waals surface area contributed by atoms with Crippen molar-refractivity contribution in [2.75, 3.05) is 6.54 Å². The van der Waals surface area contributed by atoms with Gasteiger partial charge in [-0.3, -0.25) is 0 Å². The summed E-state index contributed by atoms with van der Waals surface area (Å²) in [6.45, 7) is 2.51. The Bertz CT molecular complexity index is 630. The molecule has 0 spiro atoms. The summed E-state index contributed by atoms with van der Waals surface area (Å²) in [5.74, 6) is 1.04. The molecule has 21 heavy (non-hydrogen) atoms. The number of sulfonamides is 1. The fraction of sp³-hybridized carbons (Fsp3) is 0.600. The van der Waals surface area contributed by atoms with E-state index >= 15 is 0 Å². The smallest absolute Gasteiger partial charge is 0.240 e. The Morgan fingerprint density at radius 3 is 2.95 bits per heavy atom. The molecule has 3 N–H and O–H groups in total. The van der Waals surface area contributed by atoms with Crippen molar-refractivity contribution in [1.29, 1.82) is 0 Å². The third kappa shape index (κ3) is 2.93. The zero-order valence-corrected chi connectivity index (χ0v) is 13.0. The van der Waals surface area contributed by atoms with E-state index in [4.69, 9.17) is 10.5 Å². The lowest BCUT2D eigenvalue weighted by Gasteiger charge is -2.19. The van der Waals surface area contributed by atoms with Crippen molar-refractivity contribution in [2.45, 2.75) is 49.6 Å². The average molecular weight is 310 g/mol. The molecule has 2 aliphatic rings. The second kappa shape index (κ2) is 5.59. The Morgan fingerprint density at radius 1 is 1.38 bits per heavy atom. The van der Waals surface area contributed by atoms with Crippen LogP contribution < -0.4 is 15.2 Å². The number of ether oxygens (including phenoxy) is 1. The molecule has 1 aromatic rings. The van der Waals surface area contributed by atoms with Gasteiger partial charge in [0.25, 0.3) is 0 Å². The van der Waals surface area contributed by atoms with Gasteiger partial charge in [-0.15, -0.1) is 0 Å². The first kappa shape index (κ1) is 14.8. The van der Waals surface area contributed by atoms with E-state index in [1.54, 1.807) is 18.2 Å². The Hall–Kier alpha value is -1.11. The van der Waals surface area contributed by atoms with Crippen molar-refractivity contribution in [3.8, 4) is 5.75 Å². The van der Waals surface area contributed by atoms with Gasteiger partial charge < -0.3 is 10.5 Å². The molecule has 0 radical (unpaired) electrons. The summed E-state index contributed by atoms with van der Waals surface area (Å²) < 4.78 is 33.5. The molecule has 1 aliphatic heterocycles. The molecule has 5 nitrogen and oxygen atoms in total. The second-order valence-electron chi connectivity index (χ2n) is 6.06. The van der Waals surface area contributed by atoms with Crippen LogP contribution in [0.5, 0.6) is 5.75 Å². The van der Waals surface area contributed by atoms with Crippen LogP contribution in [0.2, 0.25) is 0 Å². The van der Waals surface area contributed by atoms with Crippen LogP contribution in [0, 0.1) is 5.92 Å². The number of nitrogens with one attached hydrogen (secondary N) is 1. The highest BCUT2D eigenvalue weighted by atomic mass is 32.2. The van der Waals surface area contributed by atoms with Gasteiger partial charge in [-0.2, -0.15) is 0 Å². The van der Waals surface area contributed by atoms with Crippen LogP contribution in [0.25, 0.3) is 0 Å². The molecule has 3 rings (SSSR count). The highest BCUT2D eigenvalue weighted by Crippen LogP contribution is 2.31. The quantitative estimate of drug-likeness (QED) is 0.881. The minimum atomic E-state index is -3.49. The number of nitrogens with two attached hydrogens (primary N) is 1. The monoisotopic (exact) mass is 310 g/mol. The Kier molecular flexibility index (Phi) is 3.94. The lowest BCUT2D eigenvalue weighted by atomic mass is 10.1. The van der Waals surface area contributed by atoms with E-state index < -0.39 is 10.0 Å². The molecule has 0 unspecified atom stereocenters. The fourth-order valence-corrected chi connectivity index (χ4v) is 4.70. The summed E-state index contributed by atoms with van der Waals surface area (Å²) in [6, 6.07) is 5.06. The van der Waals surface area contributed by atoms with Crippen molar-refractivity contribution < 1.29 is 13.2 Å². The number of hydrogen-bond acceptors (Lipinski definition) is 4. The molecule has 1 fully saturated rings. The van der Waals surface area contributed by atoms with Gasteiger partial charge in [-0.25, -0.2) is 13.1 Å². The summed E-state index contributed by atoms with van der Waals surface area (Å²) in [7, 11) is -3.49. The molecule has 0 amide bonds. The summed E-state index contributed by atoms with van der Waals surface area (Å²) in [5.41, 5.74) is 6.68. The van der Waals surface area contributed by atoms with E-state index in [1.807, 2.05) is 6.92 Å². The number of hydrogen-bond donors (Lipinski definition) is 2. The molecule has 0 bridgehead atoms. The van der Waals surface area contributed by atoms with Gasteiger partial charge in [0.2, 0.25) is 10.0 Å². The molecule has 1 aliphatic carbocycles. The minimum absolute atomic E-state index is 0.0385. The topological polar surface area (TPSA) is 81.4 Å². The van der Waals surface area contributed by atoms with Crippen LogP contribution in [0.1, 0.15) is 31.7 Å². The summed E-state index contributed by atoms with van der Waals surface area (Å²) in [6.07, 6.45) is 3.77. The van der Waals surface area contributed by atoms with E-state index in [-0.39, 0.29) is 18.1 Å². The fourth-order valence-electron chi connectivity index (χ4n) is 3.31. The van der Waals surface area contributed by atoms with Crippen molar-refractivity contribution >= 4 is 10.0 Å². The van der Waals surface area contributed by atoms with Gasteiger partial charge >= 0.3 is 0 Å². The number of fused-ring (bicyclic) bond motifs is 1. The zero-order valence-electron chi connectivity index (χ0n) is 12.2. The summed E-state index contributed by atoms with van der Waals surface area (Å²) >= 11 is 0. The van der Waals surface area contributed by atoms with Crippen LogP contribution in [0.15, 0.2) is 23.1 Å². The third-order valence-corrected chi connectivity index (χ3v) is 5.93. The Morgan fingerprint density at radius 2 is 2.19 bits per heavy atom. The number of rotatable bonds is 4. The highest BCUT2D eigenvalue weighted by molar-refractivity contribution is 7.89. The second-order valence-corrected chi connectivity index (χ2v) is 7.77. The first-order chi connectivity index (χ1) is 9.99. The normalized spacial score (nSPS) is 28.4. The molecule has 1 heterocycles. The lowest BCUT2D eigenvalue weighted by molar-refractivity contribution is 0.254. The maximum Gasteiger partial charge on any atom is 0.240 e. The van der Waals surface area contributed by atoms with Crippen molar-refractivity contribution in [1.82, 2.24) is 4.72 Å². The minimum Gasteiger partial charge on any atom is -0.490 e. The molecule has 6 heteroatoms. The molecule has 116 valence electrons. The van der Waals surface area contributed by atoms with Crippen molar-refractivity contribution in [2.24, 2.45) is 11.7 Å². The van der Waals surface area contributed by atoms with Crippen LogP contribution >= 0.6 is 0 Å². The van der Waals surface area contributed by atoms with E-state index in [0.717, 1.165) is 37.0 Å². The molecular formula is C15H22N2O3S. The predicted octanol–water partition coefficient (Wildman–Crippen LogP) is 1.42. The highest BCUT2D eigenvalue weighted by Gasteiger charge is 2.31. The van der Waals surface area contributed by atoms with Gasteiger partial charge in [-0.1, -0.05) is 6.42 Å². The van der Waals surface area contributed by atoms with Crippen LogP contribution in [-0.4, -0.2) is 27.1 Å². The molecule has 1 aromatic carbocycles. The summed E-state index contributed by atoms with van der Waals surface area (Å²) in [5, 5.41) is 0. The first-order valence-corrected chi connectivity index (χ1v) is 9.00. The van der Waals surface area contributed by atoms with Gasteiger partial charge in [0.15, 0.2) is 0 Å². The van der Waals surface area contributed by atoms with E-state index in [0.29, 0.717) is 11.4 Å². The van der Waals surface area contributed by atoms with Crippen molar-refractivity contribution in [3.63, 3.8) is 0 Å². The zero-order chi connectivity index (χ0) is 15.0. The van der Waals surface area contributed by atoms with E-state index in [2.05, 4.69) is 4.72 Å². The lowest BCUT2D eigenvalue weighted by Crippen LogP contribution is -2.39. The van der Waals surface area contributed by atoms with Crippen molar-refractivity contribution in [3.05, 3.63) is 23.8 Å². The standard InChI is InChI=1S/C15H22N2O3S/c1-10-7-12-8-13(5-6-15(12)20-10)21(18,19)17-14-4-2-3-11(14)9-16/h5-6,8,10-11,14,17H,2-4,7,9,16H2,1H3/t10-,11-,14-/m1/s1. The number of benzene rings is 1. The van der Waals surface area contributed by atoms with Gasteiger partial charge in [-0.05, 0) is 56.0 Å². The van der Waals surface area contributed by atoms with Gasteiger partial charge in [0.05, 0.1) is 4.90 Å². The molecular weight excluding hydrogens is 288 g/mol. The molecule has 0 saturated heterocycles. The molecule has 1 saturated carbocycles. The maximum absolute atomic E-state index is 12.5. The van der Waals surface area contributed by atoms with Crippen LogP contribution in [0.4, 0.5) is 0 Å². The maximum atomic E-state index is 12.5. The van der Waals surface area contributed by atoms with E-state index in [9.17, 15) is 8.42 Å². The van der Waals surface area contributed by atoms with E-state index in [1.165, 1.54) is 0 Å². The molecule has 3 atom stereocenters. The Balaban J connectivity index is 1.81. The first-order valence-electron chi connectivity index (χ1n) is 7.51. The van der Waals surface area contributed by atoms with Gasteiger partial charge in [0.1, 0.15) is 11.9 Å². The van der Waals surface area contributed by atoms with Crippen LogP contribution in [-0.2, 0) is 16.4 Å². The van der Waals surface area contributed by atoms with Crippen LogP contribution in [0.3, 0.4) is 0 Å². The SMILES string of the molecule is C[C@@H]1Cc2cc(S(=O)(=O)N[C@@H]3CCC[C@@H]3CN)ccc2O1. The largest absolute Gasteiger partial charge is 0.490 e. The summed E-state index contributed by atoms with van der Waals surface area (Å²) in [4.78, 5) is 0.321. The Labute approximate surface area is 125 Å².